The molecule has 0 atom stereocenters. The summed E-state index contributed by atoms with van der Waals surface area (Å²) in [5.74, 6) is 0.460. The Labute approximate surface area is 158 Å². The molecule has 0 unspecified atom stereocenters. The van der Waals surface area contributed by atoms with Gasteiger partial charge in [0, 0.05) is 11.5 Å². The molecule has 0 saturated carbocycles. The van der Waals surface area contributed by atoms with Crippen LogP contribution in [0.5, 0.6) is 5.75 Å². The maximum Gasteiger partial charge on any atom is 0.340 e. The largest absolute Gasteiger partial charge is 0.489 e. The summed E-state index contributed by atoms with van der Waals surface area (Å²) in [5.41, 5.74) is 1.60. The maximum absolute atomic E-state index is 12.7. The van der Waals surface area contributed by atoms with Crippen LogP contribution in [0.15, 0.2) is 39.6 Å². The van der Waals surface area contributed by atoms with E-state index in [1.807, 2.05) is 39.8 Å². The molecule has 6 heteroatoms. The Kier molecular flexibility index (Phi) is 5.11. The number of fused-ring (bicyclic) bond motifs is 1. The summed E-state index contributed by atoms with van der Waals surface area (Å²) in [6.45, 7) is 12.5. The van der Waals surface area contributed by atoms with Gasteiger partial charge in [-0.1, -0.05) is 6.58 Å². The molecule has 0 spiro atoms. The first-order valence-corrected chi connectivity index (χ1v) is 8.91. The van der Waals surface area contributed by atoms with Crippen molar-refractivity contribution in [3.8, 4) is 5.75 Å². The molecule has 1 amide bonds. The standard InChI is InChI=1S/C21H25NO5/c1-13(2)10-26-15-6-7-16-14(3)17(20(24)27-18(16)8-15)9-19(23)22-12-25-11-21(22,4)5/h6-8H,1,9-12H2,2-5H3. The molecular formula is C21H25NO5. The van der Waals surface area contributed by atoms with Crippen LogP contribution in [-0.2, 0) is 16.0 Å². The minimum atomic E-state index is -0.497. The van der Waals surface area contributed by atoms with E-state index >= 15 is 0 Å². The molecule has 1 aliphatic rings. The second-order valence-electron chi connectivity index (χ2n) is 7.69. The van der Waals surface area contributed by atoms with E-state index in [0.717, 1.165) is 16.5 Å². The van der Waals surface area contributed by atoms with E-state index in [9.17, 15) is 9.59 Å². The summed E-state index contributed by atoms with van der Waals surface area (Å²) in [6, 6.07) is 5.36. The summed E-state index contributed by atoms with van der Waals surface area (Å²) in [4.78, 5) is 26.9. The van der Waals surface area contributed by atoms with Crippen molar-refractivity contribution in [3.05, 3.63) is 51.9 Å². The van der Waals surface area contributed by atoms with E-state index in [4.69, 9.17) is 13.9 Å². The van der Waals surface area contributed by atoms with E-state index in [-0.39, 0.29) is 24.6 Å². The van der Waals surface area contributed by atoms with Gasteiger partial charge in [0.1, 0.15) is 24.7 Å². The maximum atomic E-state index is 12.7. The lowest BCUT2D eigenvalue weighted by Crippen LogP contribution is -2.45. The molecule has 1 aliphatic heterocycles. The normalized spacial score (nSPS) is 15.9. The Morgan fingerprint density at radius 1 is 1.37 bits per heavy atom. The fourth-order valence-corrected chi connectivity index (χ4v) is 3.17. The predicted octanol–water partition coefficient (Wildman–Crippen LogP) is 3.19. The number of ether oxygens (including phenoxy) is 2. The van der Waals surface area contributed by atoms with E-state index in [2.05, 4.69) is 6.58 Å². The van der Waals surface area contributed by atoms with Crippen LogP contribution in [0.3, 0.4) is 0 Å². The van der Waals surface area contributed by atoms with Crippen LogP contribution in [-0.4, -0.2) is 36.3 Å². The fraction of sp³-hybridized carbons (Fsp3) is 0.429. The number of nitrogens with zero attached hydrogens (tertiary/aromatic N) is 1. The van der Waals surface area contributed by atoms with Crippen molar-refractivity contribution < 1.29 is 18.7 Å². The minimum absolute atomic E-state index is 0.00912. The zero-order valence-electron chi connectivity index (χ0n) is 16.3. The number of hydrogen-bond acceptors (Lipinski definition) is 5. The molecule has 3 rings (SSSR count). The van der Waals surface area contributed by atoms with Gasteiger partial charge in [-0.25, -0.2) is 4.79 Å². The van der Waals surface area contributed by atoms with Gasteiger partial charge < -0.3 is 18.8 Å². The number of aryl methyl sites for hydroxylation is 1. The van der Waals surface area contributed by atoms with E-state index in [0.29, 0.717) is 30.1 Å². The molecule has 0 aliphatic carbocycles. The van der Waals surface area contributed by atoms with Gasteiger partial charge in [-0.15, -0.1) is 0 Å². The van der Waals surface area contributed by atoms with Gasteiger partial charge in [0.05, 0.1) is 24.1 Å². The van der Waals surface area contributed by atoms with Crippen molar-refractivity contribution in [2.45, 2.75) is 39.7 Å². The van der Waals surface area contributed by atoms with Crippen molar-refractivity contribution in [2.75, 3.05) is 19.9 Å². The monoisotopic (exact) mass is 371 g/mol. The van der Waals surface area contributed by atoms with Gasteiger partial charge in [-0.2, -0.15) is 0 Å². The highest BCUT2D eigenvalue weighted by Gasteiger charge is 2.36. The Balaban J connectivity index is 1.90. The molecule has 27 heavy (non-hydrogen) atoms. The molecule has 1 aromatic heterocycles. The Hall–Kier alpha value is -2.60. The van der Waals surface area contributed by atoms with Crippen LogP contribution in [0.1, 0.15) is 31.9 Å². The first-order valence-electron chi connectivity index (χ1n) is 8.91. The molecule has 1 fully saturated rings. The number of carbonyl (C=O) groups excluding carboxylic acids is 1. The highest BCUT2D eigenvalue weighted by molar-refractivity contribution is 5.85. The van der Waals surface area contributed by atoms with Crippen molar-refractivity contribution in [1.29, 1.82) is 0 Å². The van der Waals surface area contributed by atoms with Gasteiger partial charge in [0.2, 0.25) is 5.91 Å². The highest BCUT2D eigenvalue weighted by atomic mass is 16.5. The van der Waals surface area contributed by atoms with Crippen LogP contribution >= 0.6 is 0 Å². The Bertz CT molecular complexity index is 957. The molecule has 144 valence electrons. The van der Waals surface area contributed by atoms with Crippen molar-refractivity contribution in [1.82, 2.24) is 4.90 Å². The summed E-state index contributed by atoms with van der Waals surface area (Å²) in [5, 5.41) is 0.789. The number of benzene rings is 1. The second kappa shape index (κ2) is 7.19. The highest BCUT2D eigenvalue weighted by Crippen LogP contribution is 2.26. The smallest absolute Gasteiger partial charge is 0.340 e. The number of rotatable bonds is 5. The lowest BCUT2D eigenvalue weighted by Gasteiger charge is -2.29. The lowest BCUT2D eigenvalue weighted by molar-refractivity contribution is -0.134. The second-order valence-corrected chi connectivity index (χ2v) is 7.69. The Morgan fingerprint density at radius 3 is 2.74 bits per heavy atom. The van der Waals surface area contributed by atoms with Crippen LogP contribution in [0.2, 0.25) is 0 Å². The zero-order valence-corrected chi connectivity index (χ0v) is 16.3. The molecule has 1 saturated heterocycles. The van der Waals surface area contributed by atoms with Gasteiger partial charge in [0.15, 0.2) is 0 Å². The van der Waals surface area contributed by atoms with Crippen LogP contribution in [0.4, 0.5) is 0 Å². The lowest BCUT2D eigenvalue weighted by atomic mass is 10.0. The van der Waals surface area contributed by atoms with E-state index in [1.54, 1.807) is 11.0 Å². The molecule has 0 radical (unpaired) electrons. The molecule has 0 bridgehead atoms. The Morgan fingerprint density at radius 2 is 2.11 bits per heavy atom. The summed E-state index contributed by atoms with van der Waals surface area (Å²) < 4.78 is 16.5. The summed E-state index contributed by atoms with van der Waals surface area (Å²) >= 11 is 0. The molecular weight excluding hydrogens is 346 g/mol. The van der Waals surface area contributed by atoms with Crippen molar-refractivity contribution >= 4 is 16.9 Å². The van der Waals surface area contributed by atoms with E-state index < -0.39 is 5.63 Å². The van der Waals surface area contributed by atoms with Gasteiger partial charge in [-0.3, -0.25) is 4.79 Å². The zero-order chi connectivity index (χ0) is 19.8. The molecule has 2 heterocycles. The first kappa shape index (κ1) is 19.2. The SMILES string of the molecule is C=C(C)COc1ccc2c(C)c(CC(=O)N3COCC3(C)C)c(=O)oc2c1. The first-order chi connectivity index (χ1) is 12.7. The number of carbonyl (C=O) groups is 1. The van der Waals surface area contributed by atoms with E-state index in [1.165, 1.54) is 0 Å². The van der Waals surface area contributed by atoms with Crippen LogP contribution in [0, 0.1) is 6.92 Å². The average molecular weight is 371 g/mol. The number of amides is 1. The van der Waals surface area contributed by atoms with Crippen LogP contribution in [0.25, 0.3) is 11.0 Å². The third kappa shape index (κ3) is 3.90. The van der Waals surface area contributed by atoms with Crippen molar-refractivity contribution in [3.63, 3.8) is 0 Å². The minimum Gasteiger partial charge on any atom is -0.489 e. The number of hydrogen-bond donors (Lipinski definition) is 0. The molecule has 1 aromatic carbocycles. The van der Waals surface area contributed by atoms with Crippen molar-refractivity contribution in [2.24, 2.45) is 0 Å². The molecule has 2 aromatic rings. The topological polar surface area (TPSA) is 69.0 Å². The third-order valence-corrected chi connectivity index (χ3v) is 4.78. The quantitative estimate of drug-likeness (QED) is 0.596. The van der Waals surface area contributed by atoms with Gasteiger partial charge >= 0.3 is 5.63 Å². The predicted molar refractivity (Wildman–Crippen MR) is 103 cm³/mol. The third-order valence-electron chi connectivity index (χ3n) is 4.78. The van der Waals surface area contributed by atoms with Gasteiger partial charge in [-0.05, 0) is 51.0 Å². The summed E-state index contributed by atoms with van der Waals surface area (Å²) in [7, 11) is 0. The molecule has 6 nitrogen and oxygen atoms in total. The van der Waals surface area contributed by atoms with Gasteiger partial charge in [0.25, 0.3) is 0 Å². The average Bonchev–Trinajstić information content (AvgIpc) is 2.95. The van der Waals surface area contributed by atoms with Crippen LogP contribution < -0.4 is 10.4 Å². The molecule has 0 N–H and O–H groups in total. The summed E-state index contributed by atoms with van der Waals surface area (Å²) in [6.07, 6.45) is -0.00912. The fourth-order valence-electron chi connectivity index (χ4n) is 3.17.